The van der Waals surface area contributed by atoms with Crippen LogP contribution < -0.4 is 11.1 Å². The molecule has 5 heteroatoms. The molecule has 2 fully saturated rings. The predicted octanol–water partition coefficient (Wildman–Crippen LogP) is 0.716. The molecular weight excluding hydrogens is 232 g/mol. The largest absolute Gasteiger partial charge is 0.368 e. The van der Waals surface area contributed by atoms with E-state index >= 15 is 0 Å². The van der Waals surface area contributed by atoms with E-state index in [1.54, 1.807) is 0 Å². The highest BCUT2D eigenvalue weighted by Crippen LogP contribution is 2.26. The predicted molar refractivity (Wildman–Crippen MR) is 66.7 cm³/mol. The van der Waals surface area contributed by atoms with Gasteiger partial charge in [-0.15, -0.1) is 0 Å². The van der Waals surface area contributed by atoms with Crippen LogP contribution in [0.5, 0.6) is 0 Å². The molecule has 1 saturated heterocycles. The smallest absolute Gasteiger partial charge is 0.249 e. The van der Waals surface area contributed by atoms with Crippen LogP contribution in [0.15, 0.2) is 0 Å². The molecule has 5 nitrogen and oxygen atoms in total. The first kappa shape index (κ1) is 13.3. The van der Waals surface area contributed by atoms with E-state index in [0.717, 1.165) is 38.5 Å². The Labute approximate surface area is 107 Å². The SMILES string of the molecule is NC(=O)[C@@H](NC(=O)[C@@H]1CCCO1)C1CCCCC1. The van der Waals surface area contributed by atoms with E-state index in [9.17, 15) is 9.59 Å². The van der Waals surface area contributed by atoms with Crippen molar-refractivity contribution in [3.8, 4) is 0 Å². The van der Waals surface area contributed by atoms with Crippen LogP contribution in [0.1, 0.15) is 44.9 Å². The van der Waals surface area contributed by atoms with Gasteiger partial charge in [-0.05, 0) is 31.6 Å². The van der Waals surface area contributed by atoms with Gasteiger partial charge in [0.15, 0.2) is 0 Å². The van der Waals surface area contributed by atoms with Gasteiger partial charge in [0.1, 0.15) is 12.1 Å². The Morgan fingerprint density at radius 1 is 1.11 bits per heavy atom. The highest BCUT2D eigenvalue weighted by molar-refractivity contribution is 5.88. The van der Waals surface area contributed by atoms with Gasteiger partial charge in [0.25, 0.3) is 0 Å². The minimum Gasteiger partial charge on any atom is -0.368 e. The van der Waals surface area contributed by atoms with Gasteiger partial charge in [0, 0.05) is 6.61 Å². The van der Waals surface area contributed by atoms with Crippen LogP contribution in [0.4, 0.5) is 0 Å². The summed E-state index contributed by atoms with van der Waals surface area (Å²) < 4.78 is 5.32. The van der Waals surface area contributed by atoms with Gasteiger partial charge in [-0.3, -0.25) is 9.59 Å². The Morgan fingerprint density at radius 3 is 2.39 bits per heavy atom. The van der Waals surface area contributed by atoms with E-state index in [-0.39, 0.29) is 11.8 Å². The molecule has 1 aliphatic heterocycles. The van der Waals surface area contributed by atoms with Gasteiger partial charge in [-0.25, -0.2) is 0 Å². The molecule has 0 spiro atoms. The lowest BCUT2D eigenvalue weighted by atomic mass is 9.83. The van der Waals surface area contributed by atoms with Crippen LogP contribution in [-0.2, 0) is 14.3 Å². The van der Waals surface area contributed by atoms with Gasteiger partial charge >= 0.3 is 0 Å². The molecule has 0 unspecified atom stereocenters. The molecule has 0 bridgehead atoms. The zero-order valence-electron chi connectivity index (χ0n) is 10.7. The fourth-order valence-corrected chi connectivity index (χ4v) is 2.92. The number of rotatable bonds is 4. The van der Waals surface area contributed by atoms with Gasteiger partial charge in [-0.1, -0.05) is 19.3 Å². The highest BCUT2D eigenvalue weighted by atomic mass is 16.5. The van der Waals surface area contributed by atoms with Crippen molar-refractivity contribution in [2.45, 2.75) is 57.1 Å². The maximum atomic E-state index is 12.0. The molecule has 2 aliphatic rings. The first-order chi connectivity index (χ1) is 8.68. The molecular formula is C13H22N2O3. The lowest BCUT2D eigenvalue weighted by Gasteiger charge is -2.29. The quantitative estimate of drug-likeness (QED) is 0.775. The Bertz CT molecular complexity index is 307. The molecule has 2 rings (SSSR count). The van der Waals surface area contributed by atoms with Crippen LogP contribution in [0, 0.1) is 5.92 Å². The van der Waals surface area contributed by atoms with E-state index in [4.69, 9.17) is 10.5 Å². The number of nitrogens with one attached hydrogen (secondary N) is 1. The standard InChI is InChI=1S/C13H22N2O3/c14-12(16)11(9-5-2-1-3-6-9)15-13(17)10-7-4-8-18-10/h9-11H,1-8H2,(H2,14,16)(H,15,17)/t10-,11-/m0/s1. The highest BCUT2D eigenvalue weighted by Gasteiger charge is 2.32. The number of carbonyl (C=O) groups is 2. The Balaban J connectivity index is 1.92. The molecule has 0 aromatic heterocycles. The lowest BCUT2D eigenvalue weighted by molar-refractivity contribution is -0.134. The Hall–Kier alpha value is -1.10. The van der Waals surface area contributed by atoms with Crippen LogP contribution in [-0.4, -0.2) is 30.6 Å². The van der Waals surface area contributed by atoms with Gasteiger partial charge in [-0.2, -0.15) is 0 Å². The molecule has 3 N–H and O–H groups in total. The van der Waals surface area contributed by atoms with Crippen molar-refractivity contribution in [1.82, 2.24) is 5.32 Å². The molecule has 0 aromatic rings. The molecule has 2 atom stereocenters. The number of ether oxygens (including phenoxy) is 1. The summed E-state index contributed by atoms with van der Waals surface area (Å²) in [6.45, 7) is 0.628. The summed E-state index contributed by atoms with van der Waals surface area (Å²) in [6, 6.07) is -0.526. The third kappa shape index (κ3) is 3.22. The van der Waals surface area contributed by atoms with Crippen LogP contribution >= 0.6 is 0 Å². The Morgan fingerprint density at radius 2 is 1.83 bits per heavy atom. The summed E-state index contributed by atoms with van der Waals surface area (Å²) in [7, 11) is 0. The van der Waals surface area contributed by atoms with Crippen molar-refractivity contribution in [2.75, 3.05) is 6.61 Å². The lowest BCUT2D eigenvalue weighted by Crippen LogP contribution is -2.52. The fourth-order valence-electron chi connectivity index (χ4n) is 2.92. The zero-order chi connectivity index (χ0) is 13.0. The minimum absolute atomic E-state index is 0.179. The number of hydrogen-bond donors (Lipinski definition) is 2. The topological polar surface area (TPSA) is 81.4 Å². The first-order valence-corrected chi connectivity index (χ1v) is 6.90. The summed E-state index contributed by atoms with van der Waals surface area (Å²) in [6.07, 6.45) is 6.63. The second-order valence-corrected chi connectivity index (χ2v) is 5.29. The summed E-state index contributed by atoms with van der Waals surface area (Å²) in [5.74, 6) is -0.406. The van der Waals surface area contributed by atoms with Crippen LogP contribution in [0.2, 0.25) is 0 Å². The van der Waals surface area contributed by atoms with Gasteiger partial charge in [0.2, 0.25) is 11.8 Å². The van der Waals surface area contributed by atoms with E-state index in [1.165, 1.54) is 6.42 Å². The van der Waals surface area contributed by atoms with Crippen molar-refractivity contribution < 1.29 is 14.3 Å². The molecule has 18 heavy (non-hydrogen) atoms. The number of nitrogens with two attached hydrogens (primary N) is 1. The third-order valence-corrected chi connectivity index (χ3v) is 3.95. The van der Waals surface area contributed by atoms with Crippen LogP contribution in [0.3, 0.4) is 0 Å². The molecule has 1 aliphatic carbocycles. The first-order valence-electron chi connectivity index (χ1n) is 6.90. The molecule has 2 amide bonds. The van der Waals surface area contributed by atoms with Gasteiger partial charge < -0.3 is 15.8 Å². The third-order valence-electron chi connectivity index (χ3n) is 3.95. The average Bonchev–Trinajstić information content (AvgIpc) is 2.90. The molecule has 102 valence electrons. The molecule has 1 saturated carbocycles. The van der Waals surface area contributed by atoms with Crippen LogP contribution in [0.25, 0.3) is 0 Å². The number of carbonyl (C=O) groups excluding carboxylic acids is 2. The fraction of sp³-hybridized carbons (Fsp3) is 0.846. The average molecular weight is 254 g/mol. The molecule has 0 aromatic carbocycles. The van der Waals surface area contributed by atoms with E-state index in [1.807, 2.05) is 0 Å². The van der Waals surface area contributed by atoms with Crippen molar-refractivity contribution in [3.05, 3.63) is 0 Å². The van der Waals surface area contributed by atoms with Gasteiger partial charge in [0.05, 0.1) is 0 Å². The van der Waals surface area contributed by atoms with Crippen molar-refractivity contribution in [3.63, 3.8) is 0 Å². The number of hydrogen-bond acceptors (Lipinski definition) is 3. The molecule has 0 radical (unpaired) electrons. The maximum Gasteiger partial charge on any atom is 0.249 e. The molecule has 1 heterocycles. The van der Waals surface area contributed by atoms with E-state index < -0.39 is 18.1 Å². The minimum atomic E-state index is -0.526. The zero-order valence-corrected chi connectivity index (χ0v) is 10.7. The normalized spacial score (nSPS) is 26.8. The van der Waals surface area contributed by atoms with Crippen molar-refractivity contribution >= 4 is 11.8 Å². The Kier molecular flexibility index (Phi) is 4.58. The van der Waals surface area contributed by atoms with E-state index in [2.05, 4.69) is 5.32 Å². The van der Waals surface area contributed by atoms with Crippen molar-refractivity contribution in [1.29, 1.82) is 0 Å². The second-order valence-electron chi connectivity index (χ2n) is 5.29. The number of primary amides is 1. The van der Waals surface area contributed by atoms with Crippen molar-refractivity contribution in [2.24, 2.45) is 11.7 Å². The second kappa shape index (κ2) is 6.18. The maximum absolute atomic E-state index is 12.0. The summed E-state index contributed by atoms with van der Waals surface area (Å²) in [4.78, 5) is 23.5. The number of amides is 2. The summed E-state index contributed by atoms with van der Waals surface area (Å²) in [5, 5.41) is 2.79. The van der Waals surface area contributed by atoms with E-state index in [0.29, 0.717) is 6.61 Å². The summed E-state index contributed by atoms with van der Waals surface area (Å²) in [5.41, 5.74) is 5.42. The monoisotopic (exact) mass is 254 g/mol. The summed E-state index contributed by atoms with van der Waals surface area (Å²) >= 11 is 0.